The Labute approximate surface area is 393 Å². The summed E-state index contributed by atoms with van der Waals surface area (Å²) < 4.78 is 23.2. The molecule has 3 aliphatic rings. The van der Waals surface area contributed by atoms with E-state index in [2.05, 4.69) is 0 Å². The van der Waals surface area contributed by atoms with Crippen LogP contribution < -0.4 is 5.73 Å². The predicted octanol–water partition coefficient (Wildman–Crippen LogP) is 1.27. The molecule has 3 rings (SSSR count). The van der Waals surface area contributed by atoms with Gasteiger partial charge in [0.25, 0.3) is 0 Å². The number of carbonyl (C=O) groups excluding carboxylic acids is 1. The fraction of sp³-hybridized carbons (Fsp3) is 0.633. The van der Waals surface area contributed by atoms with Gasteiger partial charge in [0.2, 0.25) is 0 Å². The maximum absolute atomic E-state index is 12.6. The van der Waals surface area contributed by atoms with Crippen LogP contribution in [0.3, 0.4) is 0 Å². The van der Waals surface area contributed by atoms with Gasteiger partial charge in [-0.3, -0.25) is 9.59 Å². The van der Waals surface area contributed by atoms with E-state index in [1.165, 1.54) is 13.0 Å². The van der Waals surface area contributed by atoms with Gasteiger partial charge in [-0.15, -0.1) is 0 Å². The number of nitrogens with two attached hydrogens (primary N) is 1. The summed E-state index contributed by atoms with van der Waals surface area (Å²) in [7, 11) is 0. The number of carbonyl (C=O) groups is 2. The van der Waals surface area contributed by atoms with Crippen molar-refractivity contribution < 1.29 is 84.7 Å². The van der Waals surface area contributed by atoms with Crippen molar-refractivity contribution in [3.63, 3.8) is 0 Å². The highest BCUT2D eigenvalue weighted by Crippen LogP contribution is 2.38. The van der Waals surface area contributed by atoms with E-state index in [-0.39, 0.29) is 31.6 Å². The molecule has 18 heteroatoms. The normalized spacial score (nSPS) is 45.1. The van der Waals surface area contributed by atoms with E-state index >= 15 is 0 Å². The summed E-state index contributed by atoms with van der Waals surface area (Å²) >= 11 is 0. The number of hydrogen-bond acceptors (Lipinski definition) is 17. The number of allylic oxidation sites excluding steroid dienone is 14. The summed E-state index contributed by atoms with van der Waals surface area (Å²) in [6.07, 6.45) is 7.21. The highest BCUT2D eigenvalue weighted by atomic mass is 16.7. The van der Waals surface area contributed by atoms with Crippen molar-refractivity contribution in [2.45, 2.75) is 177 Å². The van der Waals surface area contributed by atoms with Crippen LogP contribution in [0.1, 0.15) is 79.1 Å². The Hall–Kier alpha value is -3.70. The van der Waals surface area contributed by atoms with Crippen LogP contribution in [0.15, 0.2) is 97.2 Å². The van der Waals surface area contributed by atoms with Crippen molar-refractivity contribution in [3.05, 3.63) is 97.2 Å². The number of ether oxygens (including phenoxy) is 4. The molecule has 0 radical (unpaired) electrons. The van der Waals surface area contributed by atoms with Gasteiger partial charge < -0.3 is 80.9 Å². The third-order valence-electron chi connectivity index (χ3n) is 12.2. The molecule has 19 atom stereocenters. The van der Waals surface area contributed by atoms with Crippen molar-refractivity contribution >= 4 is 11.9 Å². The summed E-state index contributed by atoms with van der Waals surface area (Å²) in [5.74, 6) is -6.83. The van der Waals surface area contributed by atoms with Gasteiger partial charge in [-0.25, -0.2) is 0 Å². The minimum atomic E-state index is -2.33. The Morgan fingerprint density at radius 1 is 0.642 bits per heavy atom. The van der Waals surface area contributed by atoms with Crippen LogP contribution in [0.2, 0.25) is 0 Å². The second kappa shape index (κ2) is 28.7. The molecule has 0 amide bonds. The Bertz CT molecular complexity index is 1750. The molecule has 0 aromatic carbocycles. The van der Waals surface area contributed by atoms with Gasteiger partial charge in [-0.1, -0.05) is 111 Å². The van der Waals surface area contributed by atoms with E-state index in [0.29, 0.717) is 0 Å². The number of rotatable bonds is 3. The summed E-state index contributed by atoms with van der Waals surface area (Å²) in [6.45, 7) is 6.75. The van der Waals surface area contributed by atoms with Gasteiger partial charge in [0, 0.05) is 37.5 Å². The summed E-state index contributed by atoms with van der Waals surface area (Å²) in [5, 5.41) is 118. The molecule has 0 aromatic heterocycles. The number of aliphatic hydroxyl groups excluding tert-OH is 9. The molecule has 0 aromatic rings. The molecule has 0 aliphatic carbocycles. The Balaban J connectivity index is 1.85. The fourth-order valence-electron chi connectivity index (χ4n) is 8.10. The van der Waals surface area contributed by atoms with Crippen LogP contribution in [0.25, 0.3) is 0 Å². The molecule has 3 aliphatic heterocycles. The summed E-state index contributed by atoms with van der Waals surface area (Å²) in [4.78, 5) is 25.1. The maximum atomic E-state index is 12.6. The van der Waals surface area contributed by atoms with Crippen molar-refractivity contribution in [1.29, 1.82) is 0 Å². The third-order valence-corrected chi connectivity index (χ3v) is 12.2. The van der Waals surface area contributed by atoms with Crippen LogP contribution in [0.5, 0.6) is 0 Å². The third kappa shape index (κ3) is 19.7. The lowest BCUT2D eigenvalue weighted by molar-refractivity contribution is -0.308. The van der Waals surface area contributed by atoms with Crippen LogP contribution in [-0.2, 0) is 28.5 Å². The molecule has 2 fully saturated rings. The molecule has 18 nitrogen and oxygen atoms in total. The number of aliphatic carboxylic acids is 1. The van der Waals surface area contributed by atoms with Gasteiger partial charge in [-0.2, -0.15) is 0 Å². The molecule has 378 valence electrons. The Kier molecular flexibility index (Phi) is 24.7. The lowest BCUT2D eigenvalue weighted by atomic mass is 9.82. The number of carboxylic acids is 1. The lowest BCUT2D eigenvalue weighted by Gasteiger charge is -2.45. The van der Waals surface area contributed by atoms with Gasteiger partial charge >= 0.3 is 11.9 Å². The Morgan fingerprint density at radius 2 is 1.19 bits per heavy atom. The molecule has 2 saturated heterocycles. The summed E-state index contributed by atoms with van der Waals surface area (Å²) in [6, 6.07) is -1.15. The van der Waals surface area contributed by atoms with Gasteiger partial charge in [0.05, 0.1) is 79.6 Å². The second-order valence-corrected chi connectivity index (χ2v) is 18.0. The van der Waals surface area contributed by atoms with Crippen LogP contribution >= 0.6 is 0 Å². The van der Waals surface area contributed by atoms with Crippen LogP contribution in [-0.4, -0.2) is 166 Å². The number of cyclic esters (lactones) is 1. The Morgan fingerprint density at radius 3 is 1.76 bits per heavy atom. The standard InChI is InChI=1S/C49H75NO17/c1-29-19-17-15-13-11-9-7-5-6-8-10-12-14-16-18-20-36(66-48-46(60)43(50)45(59)32(4)65-48)26-40-42(47(61)62)39(56)28-49(63,67-40)27-35(53)24-38(55)37(54)22-21-33(51)23-34(52)25-41(57)64-31(3)30(2)44(29)58/h5-20,29-40,42-46,48,51-56,58-60,63H,21-28,50H2,1-4H3,(H,61,62)/b7-5+,8-6+,11-9+,12-10+,15-13+,16-14+,19-17-,20-18+/t29-,30-,31-,32+,33+,34+,35-,36-,37+,38+,39-,40-,42+,43-,44+,45+,46-,48-,49+/m0/s1. The number of fused-ring (bicyclic) bond motifs is 2. The fourth-order valence-corrected chi connectivity index (χ4v) is 8.10. The van der Waals surface area contributed by atoms with Crippen LogP contribution in [0, 0.1) is 17.8 Å². The molecule has 0 saturated carbocycles. The van der Waals surface area contributed by atoms with Crippen molar-refractivity contribution in [3.8, 4) is 0 Å². The number of hydrogen-bond donors (Lipinski definition) is 12. The van der Waals surface area contributed by atoms with Gasteiger partial charge in [0.15, 0.2) is 12.1 Å². The second-order valence-electron chi connectivity index (χ2n) is 18.0. The highest BCUT2D eigenvalue weighted by molar-refractivity contribution is 5.71. The molecule has 0 unspecified atom stereocenters. The number of esters is 1. The predicted molar refractivity (Wildman–Crippen MR) is 246 cm³/mol. The molecule has 67 heavy (non-hydrogen) atoms. The smallest absolute Gasteiger partial charge is 0.311 e. The van der Waals surface area contributed by atoms with Crippen LogP contribution in [0.4, 0.5) is 0 Å². The zero-order chi connectivity index (χ0) is 49.8. The van der Waals surface area contributed by atoms with E-state index in [9.17, 15) is 65.8 Å². The first-order valence-electron chi connectivity index (χ1n) is 23.0. The molecule has 0 spiro atoms. The molecular formula is C49H75NO17. The average Bonchev–Trinajstić information content (AvgIpc) is 3.24. The van der Waals surface area contributed by atoms with E-state index in [1.807, 2.05) is 55.5 Å². The molecule has 3 heterocycles. The first kappa shape index (κ1) is 57.6. The topological polar surface area (TPSA) is 320 Å². The molecular weight excluding hydrogens is 875 g/mol. The highest BCUT2D eigenvalue weighted by Gasteiger charge is 2.51. The zero-order valence-electron chi connectivity index (χ0n) is 38.7. The number of carboxylic acid groups (broad SMARTS) is 1. The first-order valence-corrected chi connectivity index (χ1v) is 23.0. The molecule has 2 bridgehead atoms. The SMILES string of the molecule is C[C@@H]1[C@H](O)[C@@H](C)\C=C/C=C/C=C/C=C/C=C/C=C/C=C/C=C/[C@H](O[C@@H]2O[C@H](C)[C@@H](O)[C@H](N)[C@@H]2O)C[C@@H]2O[C@](O)(C[C@@H](O)C[C@@H](O)[C@H](O)CC[C@@H](O)C[C@@H](O)CC(=O)O[C@H]1C)C[C@H](O)[C@H]2C(=O)O. The van der Waals surface area contributed by atoms with E-state index in [1.54, 1.807) is 56.4 Å². The first-order chi connectivity index (χ1) is 31.6. The quantitative estimate of drug-likeness (QED) is 0.177. The lowest BCUT2D eigenvalue weighted by Crippen LogP contribution is -2.61. The maximum Gasteiger partial charge on any atom is 0.311 e. The largest absolute Gasteiger partial charge is 0.481 e. The van der Waals surface area contributed by atoms with E-state index in [0.717, 1.165) is 0 Å². The summed E-state index contributed by atoms with van der Waals surface area (Å²) in [5.41, 5.74) is 6.02. The molecule has 13 N–H and O–H groups in total. The van der Waals surface area contributed by atoms with E-state index < -0.39 is 147 Å². The van der Waals surface area contributed by atoms with Crippen molar-refractivity contribution in [2.75, 3.05) is 0 Å². The number of aliphatic hydroxyl groups is 10. The van der Waals surface area contributed by atoms with E-state index in [4.69, 9.17) is 24.7 Å². The average molecular weight is 950 g/mol. The monoisotopic (exact) mass is 950 g/mol. The van der Waals surface area contributed by atoms with Crippen molar-refractivity contribution in [2.24, 2.45) is 23.5 Å². The zero-order valence-corrected chi connectivity index (χ0v) is 38.7. The van der Waals surface area contributed by atoms with Crippen molar-refractivity contribution in [1.82, 2.24) is 0 Å². The van der Waals surface area contributed by atoms with Gasteiger partial charge in [0.1, 0.15) is 18.1 Å². The minimum absolute atomic E-state index is 0.110. The minimum Gasteiger partial charge on any atom is -0.481 e. The van der Waals surface area contributed by atoms with Gasteiger partial charge in [-0.05, 0) is 33.1 Å².